The highest BCUT2D eigenvalue weighted by atomic mass is 35.5. The number of nitrogens with zero attached hydrogens (tertiary/aromatic N) is 2. The minimum Gasteiger partial charge on any atom is -0.493 e. The second-order valence-corrected chi connectivity index (χ2v) is 8.47. The lowest BCUT2D eigenvalue weighted by Gasteiger charge is -2.35. The van der Waals surface area contributed by atoms with Crippen molar-refractivity contribution in [2.45, 2.75) is 32.4 Å². The van der Waals surface area contributed by atoms with Crippen LogP contribution in [0.1, 0.15) is 35.8 Å². The zero-order valence-electron chi connectivity index (χ0n) is 18.5. The van der Waals surface area contributed by atoms with Crippen molar-refractivity contribution in [3.8, 4) is 11.5 Å². The average molecular weight is 457 g/mol. The van der Waals surface area contributed by atoms with E-state index in [0.29, 0.717) is 22.1 Å². The Kier molecular flexibility index (Phi) is 7.29. The fraction of sp³-hybridized carbons (Fsp3) is 0.417. The molecule has 7 nitrogen and oxygen atoms in total. The first-order valence-electron chi connectivity index (χ1n) is 11.0. The number of benzene rings is 2. The molecule has 2 heterocycles. The van der Waals surface area contributed by atoms with Gasteiger partial charge in [0, 0.05) is 47.8 Å². The maximum atomic E-state index is 11.7. The Morgan fingerprint density at radius 1 is 1.19 bits per heavy atom. The number of nitrogens with one attached hydrogen (secondary N) is 2. The molecule has 4 rings (SSSR count). The van der Waals surface area contributed by atoms with Gasteiger partial charge in [-0.3, -0.25) is 14.8 Å². The molecular formula is C24H29ClN4O3. The van der Waals surface area contributed by atoms with Gasteiger partial charge in [-0.05, 0) is 62.6 Å². The number of piperazine rings is 1. The van der Waals surface area contributed by atoms with Crippen LogP contribution in [0.25, 0.3) is 10.9 Å². The summed E-state index contributed by atoms with van der Waals surface area (Å²) in [6.07, 6.45) is 2.57. The van der Waals surface area contributed by atoms with Crippen LogP contribution < -0.4 is 14.8 Å². The highest BCUT2D eigenvalue weighted by Gasteiger charge is 2.23. The Morgan fingerprint density at radius 2 is 2.00 bits per heavy atom. The van der Waals surface area contributed by atoms with E-state index in [2.05, 4.69) is 20.4 Å². The zero-order chi connectivity index (χ0) is 22.5. The molecule has 0 bridgehead atoms. The lowest BCUT2D eigenvalue weighted by atomic mass is 10.1. The molecule has 1 unspecified atom stereocenters. The van der Waals surface area contributed by atoms with E-state index in [1.54, 1.807) is 26.2 Å². The van der Waals surface area contributed by atoms with Crippen LogP contribution in [0.4, 0.5) is 0 Å². The first-order valence-corrected chi connectivity index (χ1v) is 11.4. The molecule has 32 heavy (non-hydrogen) atoms. The van der Waals surface area contributed by atoms with E-state index in [1.807, 2.05) is 24.3 Å². The summed E-state index contributed by atoms with van der Waals surface area (Å²) >= 11 is 6.08. The number of carbonyl (C=O) groups excluding carboxylic acids is 1. The van der Waals surface area contributed by atoms with Crippen LogP contribution >= 0.6 is 11.6 Å². The lowest BCUT2D eigenvalue weighted by Crippen LogP contribution is -2.50. The third-order valence-corrected chi connectivity index (χ3v) is 6.10. The van der Waals surface area contributed by atoms with Gasteiger partial charge < -0.3 is 14.8 Å². The van der Waals surface area contributed by atoms with Crippen molar-refractivity contribution >= 4 is 28.3 Å². The molecule has 170 valence electrons. The van der Waals surface area contributed by atoms with Gasteiger partial charge in [0.2, 0.25) is 0 Å². The van der Waals surface area contributed by atoms with E-state index in [9.17, 15) is 4.79 Å². The number of ether oxygens (including phenoxy) is 2. The second-order valence-electron chi connectivity index (χ2n) is 8.04. The summed E-state index contributed by atoms with van der Waals surface area (Å²) in [6, 6.07) is 11.2. The topological polar surface area (TPSA) is 79.5 Å². The van der Waals surface area contributed by atoms with E-state index < -0.39 is 0 Å². The molecule has 1 aliphatic heterocycles. The third-order valence-electron chi connectivity index (χ3n) is 5.87. The zero-order valence-corrected chi connectivity index (χ0v) is 19.2. The molecule has 1 atom stereocenters. The Morgan fingerprint density at radius 3 is 2.75 bits per heavy atom. The molecule has 3 aromatic rings. The van der Waals surface area contributed by atoms with Crippen LogP contribution in [0.2, 0.25) is 5.02 Å². The second kappa shape index (κ2) is 10.3. The van der Waals surface area contributed by atoms with Crippen LogP contribution in [0.3, 0.4) is 0 Å². The molecule has 1 fully saturated rings. The SMILES string of the molecule is COc1cc(C(C)=O)ccc1OC(CCCc1[nH]nc2cc(Cl)ccc12)N1CCNCC1. The van der Waals surface area contributed by atoms with E-state index in [-0.39, 0.29) is 12.0 Å². The summed E-state index contributed by atoms with van der Waals surface area (Å²) in [5, 5.41) is 12.7. The maximum absolute atomic E-state index is 11.7. The number of halogens is 1. The number of methoxy groups -OCH3 is 1. The highest BCUT2D eigenvalue weighted by Crippen LogP contribution is 2.31. The maximum Gasteiger partial charge on any atom is 0.163 e. The number of fused-ring (bicyclic) bond motifs is 1. The van der Waals surface area contributed by atoms with Gasteiger partial charge in [0.25, 0.3) is 0 Å². The van der Waals surface area contributed by atoms with Crippen LogP contribution in [0.15, 0.2) is 36.4 Å². The third kappa shape index (κ3) is 5.23. The lowest BCUT2D eigenvalue weighted by molar-refractivity contribution is 0.00803. The number of aromatic nitrogens is 2. The molecule has 0 radical (unpaired) electrons. The fourth-order valence-electron chi connectivity index (χ4n) is 4.10. The van der Waals surface area contributed by atoms with Crippen molar-refractivity contribution in [1.82, 2.24) is 20.4 Å². The van der Waals surface area contributed by atoms with Gasteiger partial charge in [-0.25, -0.2) is 0 Å². The Labute approximate surface area is 193 Å². The van der Waals surface area contributed by atoms with E-state index >= 15 is 0 Å². The van der Waals surface area contributed by atoms with E-state index in [1.165, 1.54) is 0 Å². The summed E-state index contributed by atoms with van der Waals surface area (Å²) in [4.78, 5) is 14.1. The summed E-state index contributed by atoms with van der Waals surface area (Å²) in [7, 11) is 1.60. The first kappa shape index (κ1) is 22.6. The van der Waals surface area contributed by atoms with Gasteiger partial charge in [-0.15, -0.1) is 0 Å². The Balaban J connectivity index is 1.47. The molecule has 0 spiro atoms. The number of rotatable bonds is 9. The summed E-state index contributed by atoms with van der Waals surface area (Å²) in [5.41, 5.74) is 2.61. The number of aryl methyl sites for hydroxylation is 1. The quantitative estimate of drug-likeness (QED) is 0.473. The monoisotopic (exact) mass is 456 g/mol. The van der Waals surface area contributed by atoms with Gasteiger partial charge in [0.05, 0.1) is 12.6 Å². The predicted octanol–water partition coefficient (Wildman–Crippen LogP) is 4.06. The molecular weight excluding hydrogens is 428 g/mol. The Bertz CT molecular complexity index is 1080. The number of aromatic amines is 1. The van der Waals surface area contributed by atoms with Crippen molar-refractivity contribution < 1.29 is 14.3 Å². The van der Waals surface area contributed by atoms with Gasteiger partial charge in [0.1, 0.15) is 0 Å². The van der Waals surface area contributed by atoms with E-state index in [4.69, 9.17) is 21.1 Å². The van der Waals surface area contributed by atoms with Crippen LogP contribution in [-0.2, 0) is 6.42 Å². The van der Waals surface area contributed by atoms with Gasteiger partial charge in [-0.1, -0.05) is 11.6 Å². The normalized spacial score (nSPS) is 15.6. The van der Waals surface area contributed by atoms with E-state index in [0.717, 1.165) is 62.0 Å². The minimum absolute atomic E-state index is 0.00146. The number of hydrogen-bond donors (Lipinski definition) is 2. The number of carbonyl (C=O) groups is 1. The van der Waals surface area contributed by atoms with Crippen LogP contribution in [0, 0.1) is 0 Å². The molecule has 0 saturated carbocycles. The van der Waals surface area contributed by atoms with Crippen molar-refractivity contribution in [2.24, 2.45) is 0 Å². The standard InChI is InChI=1S/C24H29ClN4O3/c1-16(30)17-6-9-22(23(14-17)31-2)32-24(29-12-10-26-11-13-29)5-3-4-20-19-8-7-18(25)15-21(19)28-27-20/h6-9,14-15,24,26H,3-5,10-13H2,1-2H3,(H,27,28). The molecule has 0 amide bonds. The number of Topliss-reactive ketones (excluding diaryl/α,β-unsaturated/α-hetero) is 1. The molecule has 8 heteroatoms. The molecule has 0 aliphatic carbocycles. The Hall–Kier alpha value is -2.61. The van der Waals surface area contributed by atoms with Crippen molar-refractivity contribution in [2.75, 3.05) is 33.3 Å². The highest BCUT2D eigenvalue weighted by molar-refractivity contribution is 6.31. The van der Waals surface area contributed by atoms with Crippen LogP contribution in [-0.4, -0.2) is 60.4 Å². The number of H-pyrrole nitrogens is 1. The smallest absolute Gasteiger partial charge is 0.163 e. The molecule has 1 aromatic heterocycles. The van der Waals surface area contributed by atoms with Gasteiger partial charge >= 0.3 is 0 Å². The predicted molar refractivity (Wildman–Crippen MR) is 126 cm³/mol. The number of hydrogen-bond acceptors (Lipinski definition) is 6. The van der Waals surface area contributed by atoms with Crippen molar-refractivity contribution in [3.63, 3.8) is 0 Å². The van der Waals surface area contributed by atoms with Gasteiger partial charge in [0.15, 0.2) is 23.5 Å². The van der Waals surface area contributed by atoms with Crippen molar-refractivity contribution in [1.29, 1.82) is 0 Å². The molecule has 2 aromatic carbocycles. The molecule has 1 aliphatic rings. The summed E-state index contributed by atoms with van der Waals surface area (Å²) in [5.74, 6) is 1.23. The average Bonchev–Trinajstić information content (AvgIpc) is 3.20. The largest absolute Gasteiger partial charge is 0.493 e. The number of ketones is 1. The van der Waals surface area contributed by atoms with Crippen molar-refractivity contribution in [3.05, 3.63) is 52.7 Å². The molecule has 2 N–H and O–H groups in total. The summed E-state index contributed by atoms with van der Waals surface area (Å²) in [6.45, 7) is 5.26. The minimum atomic E-state index is -0.0854. The fourth-order valence-corrected chi connectivity index (χ4v) is 4.27. The summed E-state index contributed by atoms with van der Waals surface area (Å²) < 4.78 is 12.0. The first-order chi connectivity index (χ1) is 15.5. The molecule has 1 saturated heterocycles. The van der Waals surface area contributed by atoms with Crippen LogP contribution in [0.5, 0.6) is 11.5 Å². The van der Waals surface area contributed by atoms with Gasteiger partial charge in [-0.2, -0.15) is 5.10 Å².